The van der Waals surface area contributed by atoms with E-state index in [2.05, 4.69) is 97.3 Å². The van der Waals surface area contributed by atoms with Gasteiger partial charge in [-0.05, 0) is 121 Å². The van der Waals surface area contributed by atoms with E-state index >= 15 is 0 Å². The van der Waals surface area contributed by atoms with Gasteiger partial charge in [-0.2, -0.15) is 0 Å². The quantitative estimate of drug-likeness (QED) is 0.265. The van der Waals surface area contributed by atoms with E-state index in [9.17, 15) is 0 Å². The van der Waals surface area contributed by atoms with E-state index in [0.717, 1.165) is 42.0 Å². The van der Waals surface area contributed by atoms with Gasteiger partial charge in [0.25, 0.3) is 0 Å². The molecule has 0 radical (unpaired) electrons. The molecule has 6 atom stereocenters. The van der Waals surface area contributed by atoms with Gasteiger partial charge in [-0.1, -0.05) is 69.3 Å². The molecule has 3 aromatic rings. The summed E-state index contributed by atoms with van der Waals surface area (Å²) in [5.41, 5.74) is 6.43. The molecule has 8 aliphatic rings. The van der Waals surface area contributed by atoms with Crippen LogP contribution < -0.4 is 9.47 Å². The lowest BCUT2D eigenvalue weighted by Gasteiger charge is -2.78. The molecule has 4 heterocycles. The Morgan fingerprint density at radius 2 is 1.67 bits per heavy atom. The number of hydrogen-bond donors (Lipinski definition) is 0. The Hall–Kier alpha value is -2.82. The normalized spacial score (nSPS) is 33.3. The van der Waals surface area contributed by atoms with Gasteiger partial charge < -0.3 is 9.47 Å². The first-order valence-electron chi connectivity index (χ1n) is 18.3. The van der Waals surface area contributed by atoms with Crippen LogP contribution in [0.15, 0.2) is 66.7 Å². The first-order chi connectivity index (χ1) is 22.3. The number of methoxy groups -OCH3 is 1. The molecule has 4 heteroatoms. The highest BCUT2D eigenvalue weighted by molar-refractivity contribution is 5.61. The molecule has 4 unspecified atom stereocenters. The number of rotatable bonds is 7. The Balaban J connectivity index is 1.17. The molecule has 3 saturated carbocycles. The minimum atomic E-state index is 0.113. The lowest BCUT2D eigenvalue weighted by atomic mass is 9.30. The van der Waals surface area contributed by atoms with Gasteiger partial charge >= 0.3 is 0 Å². The highest BCUT2D eigenvalue weighted by Gasteiger charge is 2.76. The number of ether oxygens (including phenoxy) is 2. The second-order valence-corrected chi connectivity index (χ2v) is 17.0. The molecule has 4 aliphatic heterocycles. The minimum Gasteiger partial charge on any atom is -0.493 e. The Labute approximate surface area is 276 Å². The third-order valence-electron chi connectivity index (χ3n) is 13.6. The van der Waals surface area contributed by atoms with Crippen molar-refractivity contribution in [3.8, 4) is 17.2 Å². The number of likely N-dealkylation sites (tertiary alicyclic amines) is 1. The van der Waals surface area contributed by atoms with Crippen LogP contribution >= 0.6 is 0 Å². The molecule has 4 saturated heterocycles. The highest BCUT2D eigenvalue weighted by atomic mass is 16.5. The van der Waals surface area contributed by atoms with Crippen LogP contribution in [0.2, 0.25) is 0 Å². The van der Waals surface area contributed by atoms with E-state index in [1.165, 1.54) is 86.8 Å². The zero-order chi connectivity index (χ0) is 31.3. The average Bonchev–Trinajstić information content (AvgIpc) is 3.84. The van der Waals surface area contributed by atoms with E-state index in [1.54, 1.807) is 0 Å². The molecule has 46 heavy (non-hydrogen) atoms. The maximum Gasteiger partial charge on any atom is 0.173 e. The molecule has 4 aliphatic carbocycles. The topological polar surface area (TPSA) is 24.9 Å². The van der Waals surface area contributed by atoms with Gasteiger partial charge in [-0.15, -0.1) is 0 Å². The van der Waals surface area contributed by atoms with Crippen LogP contribution in [0.3, 0.4) is 0 Å². The molecule has 6 bridgehead atoms. The van der Waals surface area contributed by atoms with Crippen molar-refractivity contribution in [2.45, 2.75) is 102 Å². The fourth-order valence-corrected chi connectivity index (χ4v) is 11.4. The van der Waals surface area contributed by atoms with Crippen molar-refractivity contribution in [3.63, 3.8) is 0 Å². The van der Waals surface area contributed by atoms with E-state index in [-0.39, 0.29) is 10.8 Å². The molecule has 0 aromatic heterocycles. The molecule has 1 spiro atoms. The first-order valence-corrected chi connectivity index (χ1v) is 18.3. The maximum atomic E-state index is 7.09. The fourth-order valence-electron chi connectivity index (χ4n) is 11.4. The molecule has 242 valence electrons. The van der Waals surface area contributed by atoms with Crippen molar-refractivity contribution in [1.29, 1.82) is 0 Å². The van der Waals surface area contributed by atoms with E-state index in [1.807, 2.05) is 7.11 Å². The third kappa shape index (κ3) is 4.38. The molecule has 0 amide bonds. The van der Waals surface area contributed by atoms with Gasteiger partial charge in [0.1, 0.15) is 5.75 Å². The van der Waals surface area contributed by atoms with Crippen molar-refractivity contribution < 1.29 is 9.47 Å². The standard InChI is InChI=1S/C42H52N2O2/c1-40(2,3)32-14-16-33(17-15-32)46-39-36(45-4)19-13-31-22-37-41-23-30-12-18-35(44(27-30)26-28-8-6-5-7-9-28)34(24-41)42(41,38(31)39)20-21-43(37)25-29-10-11-29/h5-9,13-17,19,29-30,34-35,37H,10-12,18,20-27H2,1-4H3/t30-,34?,35?,37?,41?,42-/m1/s1. The Kier molecular flexibility index (Phi) is 6.75. The van der Waals surface area contributed by atoms with Crippen LogP contribution in [0.1, 0.15) is 88.0 Å². The van der Waals surface area contributed by atoms with Gasteiger partial charge in [0.05, 0.1) is 7.11 Å². The number of nitrogens with zero attached hydrogens (tertiary/aromatic N) is 2. The van der Waals surface area contributed by atoms with E-state index in [0.29, 0.717) is 23.4 Å². The number of hydrogen-bond acceptors (Lipinski definition) is 4. The molecule has 7 fully saturated rings. The Bertz CT molecular complexity index is 1610. The average molecular weight is 617 g/mol. The second kappa shape index (κ2) is 10.6. The third-order valence-corrected chi connectivity index (χ3v) is 13.6. The van der Waals surface area contributed by atoms with Crippen LogP contribution in [0.25, 0.3) is 0 Å². The first kappa shape index (κ1) is 29.3. The number of fused-ring (bicyclic) bond motifs is 2. The van der Waals surface area contributed by atoms with E-state index in [4.69, 9.17) is 9.47 Å². The largest absolute Gasteiger partial charge is 0.493 e. The zero-order valence-electron chi connectivity index (χ0n) is 28.4. The minimum absolute atomic E-state index is 0.113. The predicted molar refractivity (Wildman–Crippen MR) is 185 cm³/mol. The molecule has 0 N–H and O–H groups in total. The van der Waals surface area contributed by atoms with Crippen molar-refractivity contribution in [3.05, 3.63) is 89.0 Å². The summed E-state index contributed by atoms with van der Waals surface area (Å²) in [5, 5.41) is 0. The van der Waals surface area contributed by atoms with Gasteiger partial charge in [-0.25, -0.2) is 0 Å². The SMILES string of the molecule is COc1ccc2c(c1Oc1ccc(C(C)(C)C)cc1)[C@]13CCN(CC4CC4)C(C2)C12CC3C1CC[C@@H](CN1Cc1ccccc1)C2. The highest BCUT2D eigenvalue weighted by Crippen LogP contribution is 2.77. The summed E-state index contributed by atoms with van der Waals surface area (Å²) in [6, 6.07) is 26.0. The van der Waals surface area contributed by atoms with Crippen molar-refractivity contribution in [2.75, 3.05) is 26.7 Å². The molecule has 11 rings (SSSR count). The lowest BCUT2D eigenvalue weighted by molar-refractivity contribution is -0.236. The summed E-state index contributed by atoms with van der Waals surface area (Å²) in [5.74, 6) is 5.18. The summed E-state index contributed by atoms with van der Waals surface area (Å²) >= 11 is 0. The second-order valence-electron chi connectivity index (χ2n) is 17.0. The van der Waals surface area contributed by atoms with Gasteiger partial charge in [-0.3, -0.25) is 9.80 Å². The Morgan fingerprint density at radius 1 is 0.870 bits per heavy atom. The molecular weight excluding hydrogens is 564 g/mol. The summed E-state index contributed by atoms with van der Waals surface area (Å²) in [4.78, 5) is 5.90. The van der Waals surface area contributed by atoms with Gasteiger partial charge in [0.15, 0.2) is 11.5 Å². The molecule has 3 aromatic carbocycles. The van der Waals surface area contributed by atoms with Gasteiger partial charge in [0, 0.05) is 42.7 Å². The van der Waals surface area contributed by atoms with Crippen LogP contribution in [0, 0.1) is 23.2 Å². The van der Waals surface area contributed by atoms with Crippen LogP contribution in [-0.4, -0.2) is 48.6 Å². The van der Waals surface area contributed by atoms with Crippen molar-refractivity contribution in [1.82, 2.24) is 9.80 Å². The predicted octanol–water partition coefficient (Wildman–Crippen LogP) is 8.75. The number of piperidine rings is 2. The van der Waals surface area contributed by atoms with E-state index < -0.39 is 0 Å². The Morgan fingerprint density at radius 3 is 2.41 bits per heavy atom. The summed E-state index contributed by atoms with van der Waals surface area (Å²) in [6.45, 7) is 11.7. The summed E-state index contributed by atoms with van der Waals surface area (Å²) in [6.07, 6.45) is 10.7. The van der Waals surface area contributed by atoms with Crippen LogP contribution in [-0.2, 0) is 23.8 Å². The van der Waals surface area contributed by atoms with Crippen LogP contribution in [0.5, 0.6) is 17.2 Å². The van der Waals surface area contributed by atoms with Gasteiger partial charge in [0.2, 0.25) is 0 Å². The number of benzene rings is 3. The maximum absolute atomic E-state index is 7.09. The zero-order valence-corrected chi connectivity index (χ0v) is 28.4. The van der Waals surface area contributed by atoms with Crippen LogP contribution in [0.4, 0.5) is 0 Å². The smallest absolute Gasteiger partial charge is 0.173 e. The lowest BCUT2D eigenvalue weighted by Crippen LogP contribution is -2.80. The molecular formula is C42H52N2O2. The fraction of sp³-hybridized carbons (Fsp3) is 0.571. The summed E-state index contributed by atoms with van der Waals surface area (Å²) in [7, 11) is 1.83. The molecule has 4 nitrogen and oxygen atoms in total. The monoisotopic (exact) mass is 616 g/mol. The summed E-state index contributed by atoms with van der Waals surface area (Å²) < 4.78 is 13.3. The van der Waals surface area contributed by atoms with Crippen molar-refractivity contribution >= 4 is 0 Å². The van der Waals surface area contributed by atoms with Crippen molar-refractivity contribution in [2.24, 2.45) is 23.2 Å².